The largest absolute Gasteiger partial charge is 0.491 e. The van der Waals surface area contributed by atoms with Crippen LogP contribution in [0.4, 0.5) is 5.69 Å². The standard InChI is InChI=1S/C14H13Cl2NOS/c15-10-1-6-13(16)14(9-10)18-7-8-19-12-4-2-11(17)3-5-12/h1-6,9H,7-8,17H2. The lowest BCUT2D eigenvalue weighted by molar-refractivity contribution is 0.344. The average Bonchev–Trinajstić information content (AvgIpc) is 2.40. The predicted molar refractivity (Wildman–Crippen MR) is 83.5 cm³/mol. The van der Waals surface area contributed by atoms with Gasteiger partial charge in [-0.2, -0.15) is 0 Å². The second kappa shape index (κ2) is 6.94. The van der Waals surface area contributed by atoms with E-state index in [1.54, 1.807) is 30.0 Å². The fraction of sp³-hybridized carbons (Fsp3) is 0.143. The van der Waals surface area contributed by atoms with Crippen molar-refractivity contribution in [2.45, 2.75) is 4.90 Å². The van der Waals surface area contributed by atoms with E-state index in [4.69, 9.17) is 33.7 Å². The molecule has 19 heavy (non-hydrogen) atoms. The molecule has 0 spiro atoms. The van der Waals surface area contributed by atoms with Crippen molar-refractivity contribution in [3.8, 4) is 5.75 Å². The van der Waals surface area contributed by atoms with Crippen molar-refractivity contribution in [1.29, 1.82) is 0 Å². The number of benzene rings is 2. The molecule has 2 aromatic rings. The van der Waals surface area contributed by atoms with E-state index in [0.29, 0.717) is 22.4 Å². The van der Waals surface area contributed by atoms with Gasteiger partial charge in [-0.15, -0.1) is 11.8 Å². The molecule has 2 aromatic carbocycles. The summed E-state index contributed by atoms with van der Waals surface area (Å²) in [6.07, 6.45) is 0. The normalized spacial score (nSPS) is 10.4. The highest BCUT2D eigenvalue weighted by Gasteiger charge is 2.02. The van der Waals surface area contributed by atoms with Gasteiger partial charge in [-0.25, -0.2) is 0 Å². The zero-order valence-corrected chi connectivity index (χ0v) is 12.4. The maximum atomic E-state index is 6.01. The van der Waals surface area contributed by atoms with Crippen molar-refractivity contribution < 1.29 is 4.74 Å². The maximum absolute atomic E-state index is 6.01. The molecule has 0 saturated carbocycles. The van der Waals surface area contributed by atoms with E-state index in [1.807, 2.05) is 24.3 Å². The minimum Gasteiger partial charge on any atom is -0.491 e. The molecular weight excluding hydrogens is 301 g/mol. The van der Waals surface area contributed by atoms with Gasteiger partial charge < -0.3 is 10.5 Å². The van der Waals surface area contributed by atoms with Crippen LogP contribution in [-0.4, -0.2) is 12.4 Å². The van der Waals surface area contributed by atoms with Gasteiger partial charge in [-0.05, 0) is 36.4 Å². The van der Waals surface area contributed by atoms with E-state index in [9.17, 15) is 0 Å². The summed E-state index contributed by atoms with van der Waals surface area (Å²) in [6, 6.07) is 12.9. The molecule has 0 unspecified atom stereocenters. The van der Waals surface area contributed by atoms with Gasteiger partial charge in [0.05, 0.1) is 11.6 Å². The predicted octanol–water partition coefficient (Wildman–Crippen LogP) is 4.75. The highest BCUT2D eigenvalue weighted by molar-refractivity contribution is 7.99. The molecular formula is C14H13Cl2NOS. The molecule has 2 N–H and O–H groups in total. The molecule has 0 aromatic heterocycles. The summed E-state index contributed by atoms with van der Waals surface area (Å²) in [7, 11) is 0. The smallest absolute Gasteiger partial charge is 0.139 e. The highest BCUT2D eigenvalue weighted by Crippen LogP contribution is 2.28. The van der Waals surface area contributed by atoms with Gasteiger partial charge in [0.2, 0.25) is 0 Å². The van der Waals surface area contributed by atoms with Crippen LogP contribution in [0.5, 0.6) is 5.75 Å². The Morgan fingerprint density at radius 2 is 1.79 bits per heavy atom. The number of thioether (sulfide) groups is 1. The van der Waals surface area contributed by atoms with E-state index < -0.39 is 0 Å². The van der Waals surface area contributed by atoms with Gasteiger partial charge in [-0.3, -0.25) is 0 Å². The summed E-state index contributed by atoms with van der Waals surface area (Å²) >= 11 is 13.6. The van der Waals surface area contributed by atoms with Crippen LogP contribution in [-0.2, 0) is 0 Å². The van der Waals surface area contributed by atoms with Crippen LogP contribution >= 0.6 is 35.0 Å². The third-order valence-electron chi connectivity index (χ3n) is 2.38. The van der Waals surface area contributed by atoms with Crippen LogP contribution in [0, 0.1) is 0 Å². The number of nitrogen functional groups attached to an aromatic ring is 1. The highest BCUT2D eigenvalue weighted by atomic mass is 35.5. The maximum Gasteiger partial charge on any atom is 0.139 e. The van der Waals surface area contributed by atoms with Crippen molar-refractivity contribution in [2.24, 2.45) is 0 Å². The van der Waals surface area contributed by atoms with Crippen molar-refractivity contribution in [2.75, 3.05) is 18.1 Å². The summed E-state index contributed by atoms with van der Waals surface area (Å²) in [5.41, 5.74) is 6.40. The molecule has 0 aliphatic heterocycles. The van der Waals surface area contributed by atoms with Crippen molar-refractivity contribution in [1.82, 2.24) is 0 Å². The van der Waals surface area contributed by atoms with E-state index in [2.05, 4.69) is 0 Å². The van der Waals surface area contributed by atoms with E-state index >= 15 is 0 Å². The monoisotopic (exact) mass is 313 g/mol. The van der Waals surface area contributed by atoms with Crippen LogP contribution in [0.2, 0.25) is 10.0 Å². The number of anilines is 1. The SMILES string of the molecule is Nc1ccc(SCCOc2cc(Cl)ccc2Cl)cc1. The molecule has 100 valence electrons. The Kier molecular flexibility index (Phi) is 5.25. The lowest BCUT2D eigenvalue weighted by Gasteiger charge is -2.08. The summed E-state index contributed by atoms with van der Waals surface area (Å²) in [5.74, 6) is 1.44. The first-order valence-electron chi connectivity index (χ1n) is 5.71. The van der Waals surface area contributed by atoms with E-state index in [-0.39, 0.29) is 0 Å². The van der Waals surface area contributed by atoms with Gasteiger partial charge in [-0.1, -0.05) is 23.2 Å². The van der Waals surface area contributed by atoms with Crippen LogP contribution in [0.15, 0.2) is 47.4 Å². The Morgan fingerprint density at radius 1 is 1.05 bits per heavy atom. The summed E-state index contributed by atoms with van der Waals surface area (Å²) < 4.78 is 5.60. The third kappa shape index (κ3) is 4.53. The quantitative estimate of drug-likeness (QED) is 0.491. The van der Waals surface area contributed by atoms with Gasteiger partial charge in [0.15, 0.2) is 0 Å². The van der Waals surface area contributed by atoms with Gasteiger partial charge >= 0.3 is 0 Å². The molecule has 2 nitrogen and oxygen atoms in total. The number of nitrogens with two attached hydrogens (primary N) is 1. The topological polar surface area (TPSA) is 35.2 Å². The second-order valence-electron chi connectivity index (χ2n) is 3.84. The molecule has 0 amide bonds. The first-order valence-corrected chi connectivity index (χ1v) is 7.45. The second-order valence-corrected chi connectivity index (χ2v) is 5.85. The molecule has 0 bridgehead atoms. The first-order chi connectivity index (χ1) is 9.15. The van der Waals surface area contributed by atoms with Gasteiger partial charge in [0.25, 0.3) is 0 Å². The Bertz CT molecular complexity index is 546. The third-order valence-corrected chi connectivity index (χ3v) is 3.91. The minimum absolute atomic E-state index is 0.565. The number of hydrogen-bond donors (Lipinski definition) is 1. The Morgan fingerprint density at radius 3 is 2.53 bits per heavy atom. The number of hydrogen-bond acceptors (Lipinski definition) is 3. The van der Waals surface area contributed by atoms with Crippen molar-refractivity contribution in [3.63, 3.8) is 0 Å². The van der Waals surface area contributed by atoms with Crippen molar-refractivity contribution in [3.05, 3.63) is 52.5 Å². The van der Waals surface area contributed by atoms with Crippen LogP contribution < -0.4 is 10.5 Å². The number of rotatable bonds is 5. The van der Waals surface area contributed by atoms with Crippen LogP contribution in [0.3, 0.4) is 0 Å². The molecule has 0 heterocycles. The molecule has 0 saturated heterocycles. The Labute approximate surface area is 126 Å². The fourth-order valence-corrected chi connectivity index (χ4v) is 2.53. The number of ether oxygens (including phenoxy) is 1. The van der Waals surface area contributed by atoms with Crippen LogP contribution in [0.1, 0.15) is 0 Å². The fourth-order valence-electron chi connectivity index (χ4n) is 1.46. The summed E-state index contributed by atoms with van der Waals surface area (Å²) in [6.45, 7) is 0.565. The molecule has 2 rings (SSSR count). The lowest BCUT2D eigenvalue weighted by Crippen LogP contribution is -2.00. The minimum atomic E-state index is 0.565. The average molecular weight is 314 g/mol. The van der Waals surface area contributed by atoms with E-state index in [1.165, 1.54) is 0 Å². The molecule has 0 aliphatic rings. The zero-order valence-electron chi connectivity index (χ0n) is 10.1. The summed E-state index contributed by atoms with van der Waals surface area (Å²) in [5, 5.41) is 1.19. The molecule has 0 atom stereocenters. The molecule has 0 radical (unpaired) electrons. The zero-order chi connectivity index (χ0) is 13.7. The van der Waals surface area contributed by atoms with E-state index in [0.717, 1.165) is 16.3 Å². The summed E-state index contributed by atoms with van der Waals surface area (Å²) in [4.78, 5) is 1.16. The number of halogens is 2. The Hall–Kier alpha value is -1.03. The Balaban J connectivity index is 1.80. The molecule has 0 aliphatic carbocycles. The van der Waals surface area contributed by atoms with Crippen LogP contribution in [0.25, 0.3) is 0 Å². The lowest BCUT2D eigenvalue weighted by atomic mass is 10.3. The molecule has 0 fully saturated rings. The van der Waals surface area contributed by atoms with Gasteiger partial charge in [0, 0.05) is 27.4 Å². The van der Waals surface area contributed by atoms with Gasteiger partial charge in [0.1, 0.15) is 5.75 Å². The molecule has 5 heteroatoms. The first kappa shape index (κ1) is 14.4. The van der Waals surface area contributed by atoms with Crippen molar-refractivity contribution >= 4 is 40.7 Å².